The predicted octanol–water partition coefficient (Wildman–Crippen LogP) is 3.82. The lowest BCUT2D eigenvalue weighted by molar-refractivity contribution is 0.201. The second-order valence-corrected chi connectivity index (χ2v) is 4.79. The highest BCUT2D eigenvalue weighted by molar-refractivity contribution is 9.10. The molecule has 0 bridgehead atoms. The van der Waals surface area contributed by atoms with Gasteiger partial charge in [-0.3, -0.25) is 0 Å². The van der Waals surface area contributed by atoms with Crippen LogP contribution in [0.3, 0.4) is 0 Å². The highest BCUT2D eigenvalue weighted by Crippen LogP contribution is 2.29. The summed E-state index contributed by atoms with van der Waals surface area (Å²) in [6.07, 6.45) is 6.75. The number of hydrogen-bond acceptors (Lipinski definition) is 2. The molecule has 76 valence electrons. The summed E-state index contributed by atoms with van der Waals surface area (Å²) in [6.45, 7) is 0. The molecule has 1 fully saturated rings. The number of ether oxygens (including phenoxy) is 1. The lowest BCUT2D eigenvalue weighted by Gasteiger charge is -2.12. The summed E-state index contributed by atoms with van der Waals surface area (Å²) in [6, 6.07) is 1.80. The Labute approximate surface area is 96.8 Å². The molecule has 1 aromatic heterocycles. The average Bonchev–Trinajstić information content (AvgIpc) is 2.62. The van der Waals surface area contributed by atoms with Crippen LogP contribution in [-0.2, 0) is 0 Å². The molecule has 0 unspecified atom stereocenters. The van der Waals surface area contributed by atoms with Crippen LogP contribution in [0.15, 0.2) is 16.7 Å². The Bertz CT molecular complexity index is 326. The van der Waals surface area contributed by atoms with Crippen molar-refractivity contribution < 1.29 is 4.74 Å². The molecule has 1 aromatic rings. The zero-order valence-electron chi connectivity index (χ0n) is 7.67. The van der Waals surface area contributed by atoms with E-state index in [1.165, 1.54) is 12.8 Å². The quantitative estimate of drug-likeness (QED) is 0.819. The molecule has 1 heterocycles. The molecule has 2 nitrogen and oxygen atoms in total. The van der Waals surface area contributed by atoms with E-state index >= 15 is 0 Å². The lowest BCUT2D eigenvalue weighted by Crippen LogP contribution is -2.12. The van der Waals surface area contributed by atoms with E-state index in [-0.39, 0.29) is 0 Å². The molecule has 1 aliphatic carbocycles. The Kier molecular flexibility index (Phi) is 3.29. The minimum absolute atomic E-state index is 0.307. The van der Waals surface area contributed by atoms with Crippen LogP contribution in [0.5, 0.6) is 5.88 Å². The summed E-state index contributed by atoms with van der Waals surface area (Å²) in [5.74, 6) is 0.557. The van der Waals surface area contributed by atoms with E-state index in [0.29, 0.717) is 17.0 Å². The van der Waals surface area contributed by atoms with Crippen molar-refractivity contribution in [3.8, 4) is 5.88 Å². The molecule has 1 saturated carbocycles. The van der Waals surface area contributed by atoms with Crippen molar-refractivity contribution in [3.05, 3.63) is 21.8 Å². The van der Waals surface area contributed by atoms with Gasteiger partial charge >= 0.3 is 0 Å². The van der Waals surface area contributed by atoms with Gasteiger partial charge in [-0.25, -0.2) is 4.98 Å². The van der Waals surface area contributed by atoms with Gasteiger partial charge in [-0.05, 0) is 47.7 Å². The van der Waals surface area contributed by atoms with E-state index in [4.69, 9.17) is 16.3 Å². The molecular weight excluding hydrogens is 265 g/mol. The Hall–Kier alpha value is -0.280. The summed E-state index contributed by atoms with van der Waals surface area (Å²) >= 11 is 9.30. The highest BCUT2D eigenvalue weighted by Gasteiger charge is 2.18. The van der Waals surface area contributed by atoms with Gasteiger partial charge in [0.25, 0.3) is 0 Å². The van der Waals surface area contributed by atoms with E-state index in [1.54, 1.807) is 12.3 Å². The van der Waals surface area contributed by atoms with Crippen molar-refractivity contribution in [2.24, 2.45) is 0 Å². The van der Waals surface area contributed by atoms with Gasteiger partial charge < -0.3 is 4.74 Å². The van der Waals surface area contributed by atoms with E-state index in [9.17, 15) is 0 Å². The molecule has 0 atom stereocenters. The van der Waals surface area contributed by atoms with Crippen LogP contribution in [0.25, 0.3) is 0 Å². The number of nitrogens with zero attached hydrogens (tertiary/aromatic N) is 1. The second-order valence-electron chi connectivity index (χ2n) is 3.46. The first kappa shape index (κ1) is 10.2. The molecule has 14 heavy (non-hydrogen) atoms. The van der Waals surface area contributed by atoms with E-state index < -0.39 is 0 Å². The van der Waals surface area contributed by atoms with Crippen LogP contribution >= 0.6 is 27.5 Å². The fourth-order valence-corrected chi connectivity index (χ4v) is 2.33. The molecule has 0 aliphatic heterocycles. The van der Waals surface area contributed by atoms with Crippen LogP contribution in [0.4, 0.5) is 0 Å². The third-order valence-electron chi connectivity index (χ3n) is 2.35. The number of hydrogen-bond donors (Lipinski definition) is 0. The maximum absolute atomic E-state index is 5.99. The first-order chi connectivity index (χ1) is 6.75. The van der Waals surface area contributed by atoms with Crippen LogP contribution in [0.1, 0.15) is 25.7 Å². The SMILES string of the molecule is Clc1cc(Br)cnc1OC1CCCC1. The van der Waals surface area contributed by atoms with Crippen LogP contribution in [-0.4, -0.2) is 11.1 Å². The van der Waals surface area contributed by atoms with E-state index in [1.807, 2.05) is 0 Å². The molecule has 0 aromatic carbocycles. The van der Waals surface area contributed by atoms with Gasteiger partial charge in [-0.15, -0.1) is 0 Å². The number of pyridine rings is 1. The molecule has 0 N–H and O–H groups in total. The molecule has 0 radical (unpaired) electrons. The van der Waals surface area contributed by atoms with Gasteiger partial charge in [-0.1, -0.05) is 11.6 Å². The summed E-state index contributed by atoms with van der Waals surface area (Å²) in [5, 5.41) is 0.575. The Morgan fingerprint density at radius 3 is 2.79 bits per heavy atom. The minimum Gasteiger partial charge on any atom is -0.473 e. The summed E-state index contributed by atoms with van der Waals surface area (Å²) < 4.78 is 6.57. The lowest BCUT2D eigenvalue weighted by atomic mass is 10.3. The van der Waals surface area contributed by atoms with E-state index in [0.717, 1.165) is 17.3 Å². The van der Waals surface area contributed by atoms with Crippen LogP contribution < -0.4 is 4.74 Å². The van der Waals surface area contributed by atoms with Crippen molar-refractivity contribution in [3.63, 3.8) is 0 Å². The van der Waals surface area contributed by atoms with Crippen LogP contribution in [0.2, 0.25) is 5.02 Å². The predicted molar refractivity (Wildman–Crippen MR) is 59.8 cm³/mol. The molecule has 4 heteroatoms. The standard InChI is InChI=1S/C10H11BrClNO/c11-7-5-9(12)10(13-6-7)14-8-3-1-2-4-8/h5-6,8H,1-4H2. The largest absolute Gasteiger partial charge is 0.473 e. The zero-order chi connectivity index (χ0) is 9.97. The Morgan fingerprint density at radius 2 is 2.14 bits per heavy atom. The maximum atomic E-state index is 5.99. The van der Waals surface area contributed by atoms with Crippen LogP contribution in [0, 0.1) is 0 Å². The Balaban J connectivity index is 2.08. The number of halogens is 2. The van der Waals surface area contributed by atoms with Crippen molar-refractivity contribution in [1.82, 2.24) is 4.98 Å². The summed E-state index contributed by atoms with van der Waals surface area (Å²) in [4.78, 5) is 4.14. The molecule has 0 saturated heterocycles. The fourth-order valence-electron chi connectivity index (χ4n) is 1.65. The Morgan fingerprint density at radius 1 is 1.43 bits per heavy atom. The fraction of sp³-hybridized carbons (Fsp3) is 0.500. The van der Waals surface area contributed by atoms with Gasteiger partial charge in [0.05, 0.1) is 0 Å². The maximum Gasteiger partial charge on any atom is 0.232 e. The highest BCUT2D eigenvalue weighted by atomic mass is 79.9. The smallest absolute Gasteiger partial charge is 0.232 e. The van der Waals surface area contributed by atoms with Crippen molar-refractivity contribution in [2.45, 2.75) is 31.8 Å². The van der Waals surface area contributed by atoms with Crippen molar-refractivity contribution in [1.29, 1.82) is 0 Å². The average molecular weight is 277 g/mol. The minimum atomic E-state index is 0.307. The topological polar surface area (TPSA) is 22.1 Å². The normalized spacial score (nSPS) is 17.3. The van der Waals surface area contributed by atoms with Gasteiger partial charge in [0.2, 0.25) is 5.88 Å². The molecule has 0 spiro atoms. The van der Waals surface area contributed by atoms with E-state index in [2.05, 4.69) is 20.9 Å². The summed E-state index contributed by atoms with van der Waals surface area (Å²) in [5.41, 5.74) is 0. The van der Waals surface area contributed by atoms with Gasteiger partial charge in [0.15, 0.2) is 0 Å². The second kappa shape index (κ2) is 4.49. The van der Waals surface area contributed by atoms with Crippen molar-refractivity contribution >= 4 is 27.5 Å². The van der Waals surface area contributed by atoms with Gasteiger partial charge in [0, 0.05) is 10.7 Å². The van der Waals surface area contributed by atoms with Gasteiger partial charge in [-0.2, -0.15) is 0 Å². The third-order valence-corrected chi connectivity index (χ3v) is 3.06. The number of rotatable bonds is 2. The van der Waals surface area contributed by atoms with Gasteiger partial charge in [0.1, 0.15) is 11.1 Å². The molecule has 1 aliphatic rings. The van der Waals surface area contributed by atoms with Crippen molar-refractivity contribution in [2.75, 3.05) is 0 Å². The third kappa shape index (κ3) is 2.39. The first-order valence-corrected chi connectivity index (χ1v) is 5.90. The summed E-state index contributed by atoms with van der Waals surface area (Å²) in [7, 11) is 0. The molecule has 0 amide bonds. The molecular formula is C10H11BrClNO. The number of aromatic nitrogens is 1. The monoisotopic (exact) mass is 275 g/mol. The molecule has 2 rings (SSSR count). The first-order valence-electron chi connectivity index (χ1n) is 4.73. The zero-order valence-corrected chi connectivity index (χ0v) is 10.0.